The van der Waals surface area contributed by atoms with E-state index in [-0.39, 0.29) is 11.8 Å². The molecule has 0 aromatic rings. The van der Waals surface area contributed by atoms with Gasteiger partial charge in [-0.2, -0.15) is 0 Å². The molecule has 0 bridgehead atoms. The van der Waals surface area contributed by atoms with Crippen LogP contribution >= 0.6 is 0 Å². The third-order valence-corrected chi connectivity index (χ3v) is 3.72. The van der Waals surface area contributed by atoms with Gasteiger partial charge in [-0.25, -0.2) is 0 Å². The third kappa shape index (κ3) is 2.08. The molecule has 1 saturated heterocycles. The summed E-state index contributed by atoms with van der Waals surface area (Å²) in [6, 6.07) is 0. The monoisotopic (exact) mass is 196 g/mol. The summed E-state index contributed by atoms with van der Waals surface area (Å²) in [4.78, 5) is 11.7. The number of rotatable bonds is 4. The lowest BCUT2D eigenvalue weighted by Crippen LogP contribution is -2.50. The van der Waals surface area contributed by atoms with E-state index >= 15 is 0 Å². The summed E-state index contributed by atoms with van der Waals surface area (Å²) < 4.78 is 0. The van der Waals surface area contributed by atoms with Crippen LogP contribution in [0.5, 0.6) is 0 Å². The van der Waals surface area contributed by atoms with Gasteiger partial charge in [0.05, 0.1) is 0 Å². The Balaban J connectivity index is 1.65. The molecule has 0 aromatic heterocycles. The Bertz CT molecular complexity index is 209. The van der Waals surface area contributed by atoms with Crippen LogP contribution in [-0.2, 0) is 4.79 Å². The normalized spacial score (nSPS) is 24.9. The van der Waals surface area contributed by atoms with Crippen LogP contribution in [0.15, 0.2) is 0 Å². The van der Waals surface area contributed by atoms with E-state index in [4.69, 9.17) is 0 Å². The van der Waals surface area contributed by atoms with E-state index in [1.54, 1.807) is 0 Å². The van der Waals surface area contributed by atoms with E-state index in [9.17, 15) is 4.79 Å². The van der Waals surface area contributed by atoms with Gasteiger partial charge in [0.2, 0.25) is 5.91 Å². The summed E-state index contributed by atoms with van der Waals surface area (Å²) >= 11 is 0. The highest BCUT2D eigenvalue weighted by Gasteiger charge is 2.29. The van der Waals surface area contributed by atoms with Crippen molar-refractivity contribution in [3.8, 4) is 0 Å². The lowest BCUT2D eigenvalue weighted by Gasteiger charge is -2.32. The second-order valence-electron chi connectivity index (χ2n) is 4.75. The molecule has 1 unspecified atom stereocenters. The van der Waals surface area contributed by atoms with Gasteiger partial charge in [-0.3, -0.25) is 4.79 Å². The number of hydrogen-bond acceptors (Lipinski definition) is 2. The molecule has 3 heteroatoms. The number of nitrogens with one attached hydrogen (secondary N) is 2. The first-order valence-corrected chi connectivity index (χ1v) is 5.76. The molecule has 0 radical (unpaired) electrons. The molecule has 14 heavy (non-hydrogen) atoms. The van der Waals surface area contributed by atoms with E-state index in [0.717, 1.165) is 25.6 Å². The van der Waals surface area contributed by atoms with Crippen molar-refractivity contribution in [1.29, 1.82) is 0 Å². The first kappa shape index (κ1) is 9.97. The van der Waals surface area contributed by atoms with Crippen LogP contribution in [0.2, 0.25) is 0 Å². The molecular formula is C11H20N2O. The lowest BCUT2D eigenvalue weighted by atomic mass is 9.84. The summed E-state index contributed by atoms with van der Waals surface area (Å²) in [5.74, 6) is 1.78. The zero-order valence-electron chi connectivity index (χ0n) is 8.88. The van der Waals surface area contributed by atoms with Crippen molar-refractivity contribution in [2.24, 2.45) is 17.8 Å². The zero-order chi connectivity index (χ0) is 9.97. The molecule has 1 saturated carbocycles. The molecular weight excluding hydrogens is 176 g/mol. The van der Waals surface area contributed by atoms with E-state index in [1.807, 2.05) is 6.92 Å². The van der Waals surface area contributed by atoms with Gasteiger partial charge in [-0.05, 0) is 37.8 Å². The fourth-order valence-corrected chi connectivity index (χ4v) is 1.98. The minimum Gasteiger partial charge on any atom is -0.356 e. The topological polar surface area (TPSA) is 41.1 Å². The predicted octanol–water partition coefficient (Wildman–Crippen LogP) is 0.758. The summed E-state index contributed by atoms with van der Waals surface area (Å²) in [6.07, 6.45) is 3.96. The molecule has 80 valence electrons. The first-order valence-electron chi connectivity index (χ1n) is 5.76. The van der Waals surface area contributed by atoms with Crippen molar-refractivity contribution in [1.82, 2.24) is 10.6 Å². The zero-order valence-corrected chi connectivity index (χ0v) is 8.88. The predicted molar refractivity (Wildman–Crippen MR) is 55.9 cm³/mol. The fourth-order valence-electron chi connectivity index (χ4n) is 1.98. The van der Waals surface area contributed by atoms with Crippen molar-refractivity contribution < 1.29 is 4.79 Å². The molecule has 2 aliphatic rings. The molecule has 1 amide bonds. The van der Waals surface area contributed by atoms with E-state index < -0.39 is 0 Å². The van der Waals surface area contributed by atoms with Gasteiger partial charge in [0, 0.05) is 12.5 Å². The van der Waals surface area contributed by atoms with Crippen LogP contribution in [0.1, 0.15) is 26.2 Å². The number of carbonyl (C=O) groups is 1. The summed E-state index contributed by atoms with van der Waals surface area (Å²) in [5.41, 5.74) is 0. The van der Waals surface area contributed by atoms with Gasteiger partial charge < -0.3 is 10.6 Å². The Morgan fingerprint density at radius 1 is 1.50 bits per heavy atom. The summed E-state index contributed by atoms with van der Waals surface area (Å²) in [5, 5.41) is 6.27. The van der Waals surface area contributed by atoms with Gasteiger partial charge >= 0.3 is 0 Å². The van der Waals surface area contributed by atoms with Gasteiger partial charge in [0.1, 0.15) is 0 Å². The number of carbonyl (C=O) groups excluding carboxylic acids is 1. The molecule has 3 nitrogen and oxygen atoms in total. The van der Waals surface area contributed by atoms with Gasteiger partial charge in [0.15, 0.2) is 0 Å². The molecule has 1 aliphatic heterocycles. The lowest BCUT2D eigenvalue weighted by molar-refractivity contribution is -0.127. The van der Waals surface area contributed by atoms with E-state index in [2.05, 4.69) is 10.6 Å². The smallest absolute Gasteiger partial charge is 0.223 e. The van der Waals surface area contributed by atoms with Crippen molar-refractivity contribution in [2.45, 2.75) is 26.2 Å². The Kier molecular flexibility index (Phi) is 3.06. The van der Waals surface area contributed by atoms with E-state index in [0.29, 0.717) is 5.92 Å². The minimum atomic E-state index is 0.191. The summed E-state index contributed by atoms with van der Waals surface area (Å²) in [6.45, 7) is 4.97. The average molecular weight is 196 g/mol. The number of amides is 1. The van der Waals surface area contributed by atoms with Gasteiger partial charge in [-0.15, -0.1) is 0 Å². The second kappa shape index (κ2) is 4.30. The molecule has 1 heterocycles. The minimum absolute atomic E-state index is 0.191. The van der Waals surface area contributed by atoms with Gasteiger partial charge in [-0.1, -0.05) is 13.3 Å². The molecule has 2 rings (SSSR count). The highest BCUT2D eigenvalue weighted by molar-refractivity contribution is 5.78. The standard InChI is InChI=1S/C11H20N2O/c1-8(10-6-12-7-10)11(14)13-5-9-3-2-4-9/h8-10,12H,2-7H2,1H3,(H,13,14). The van der Waals surface area contributed by atoms with Crippen molar-refractivity contribution in [3.63, 3.8) is 0 Å². The SMILES string of the molecule is CC(C(=O)NCC1CCC1)C1CNC1. The quantitative estimate of drug-likeness (QED) is 0.697. The average Bonchev–Trinajstić information content (AvgIpc) is 1.97. The molecule has 1 atom stereocenters. The van der Waals surface area contributed by atoms with Crippen LogP contribution < -0.4 is 10.6 Å². The van der Waals surface area contributed by atoms with E-state index in [1.165, 1.54) is 19.3 Å². The van der Waals surface area contributed by atoms with Gasteiger partial charge in [0.25, 0.3) is 0 Å². The highest BCUT2D eigenvalue weighted by atomic mass is 16.1. The Hall–Kier alpha value is -0.570. The first-order chi connectivity index (χ1) is 6.77. The molecule has 1 aliphatic carbocycles. The van der Waals surface area contributed by atoms with Crippen LogP contribution in [0.3, 0.4) is 0 Å². The molecule has 2 N–H and O–H groups in total. The Morgan fingerprint density at radius 2 is 2.21 bits per heavy atom. The maximum absolute atomic E-state index is 11.7. The summed E-state index contributed by atoms with van der Waals surface area (Å²) in [7, 11) is 0. The maximum atomic E-state index is 11.7. The molecule has 0 spiro atoms. The van der Waals surface area contributed by atoms with Crippen molar-refractivity contribution in [3.05, 3.63) is 0 Å². The van der Waals surface area contributed by atoms with Crippen molar-refractivity contribution >= 4 is 5.91 Å². The molecule has 0 aromatic carbocycles. The largest absolute Gasteiger partial charge is 0.356 e. The number of hydrogen-bond donors (Lipinski definition) is 2. The fraction of sp³-hybridized carbons (Fsp3) is 0.909. The second-order valence-corrected chi connectivity index (χ2v) is 4.75. The van der Waals surface area contributed by atoms with Crippen LogP contribution in [0, 0.1) is 17.8 Å². The van der Waals surface area contributed by atoms with Crippen molar-refractivity contribution in [2.75, 3.05) is 19.6 Å². The van der Waals surface area contributed by atoms with Crippen LogP contribution in [0.4, 0.5) is 0 Å². The Morgan fingerprint density at radius 3 is 2.64 bits per heavy atom. The third-order valence-electron chi connectivity index (χ3n) is 3.72. The van der Waals surface area contributed by atoms with Crippen LogP contribution in [-0.4, -0.2) is 25.5 Å². The highest BCUT2D eigenvalue weighted by Crippen LogP contribution is 2.25. The van der Waals surface area contributed by atoms with Crippen LogP contribution in [0.25, 0.3) is 0 Å². The maximum Gasteiger partial charge on any atom is 0.223 e. The molecule has 2 fully saturated rings. The Labute approximate surface area is 85.6 Å².